The molecule has 0 aliphatic heterocycles. The number of rotatable bonds is 15. The second-order valence-electron chi connectivity index (χ2n) is 9.75. The van der Waals surface area contributed by atoms with Crippen molar-refractivity contribution >= 4 is 21.9 Å². The van der Waals surface area contributed by atoms with Crippen LogP contribution in [0, 0.1) is 19.8 Å². The number of nitrogens with zero attached hydrogens (tertiary/aromatic N) is 1. The minimum Gasteiger partial charge on any atom is -0.496 e. The van der Waals surface area contributed by atoms with E-state index < -0.39 is 22.0 Å². The second kappa shape index (κ2) is 14.1. The number of carboxylic acids is 1. The average Bonchev–Trinajstić information content (AvgIpc) is 2.83. The first kappa shape index (κ1) is 30.3. The second-order valence-corrected chi connectivity index (χ2v) is 11.6. The SMILES string of the molecule is COc1c(C)cccc1CCC(=O)NCCCC[C@@H](C(=O)O)N(CC(C)C)S(=O)(=O)c1ccc(C)cc1. The van der Waals surface area contributed by atoms with Crippen molar-refractivity contribution in [2.75, 3.05) is 20.2 Å². The number of carboxylic acid groups (broad SMARTS) is 1. The number of methoxy groups -OCH3 is 1. The zero-order valence-corrected chi connectivity index (χ0v) is 23.3. The van der Waals surface area contributed by atoms with Crippen LogP contribution in [-0.2, 0) is 26.0 Å². The van der Waals surface area contributed by atoms with Crippen LogP contribution in [0.3, 0.4) is 0 Å². The minimum absolute atomic E-state index is 0.0478. The molecule has 1 amide bonds. The maximum Gasteiger partial charge on any atom is 0.322 e. The van der Waals surface area contributed by atoms with E-state index in [0.717, 1.165) is 26.7 Å². The number of benzene rings is 2. The number of hydrogen-bond acceptors (Lipinski definition) is 5. The van der Waals surface area contributed by atoms with Crippen LogP contribution >= 0.6 is 0 Å². The number of sulfonamides is 1. The van der Waals surface area contributed by atoms with Gasteiger partial charge in [-0.05, 0) is 68.7 Å². The number of nitrogens with one attached hydrogen (secondary N) is 1. The van der Waals surface area contributed by atoms with Crippen molar-refractivity contribution in [3.8, 4) is 5.75 Å². The van der Waals surface area contributed by atoms with E-state index in [-0.39, 0.29) is 29.7 Å². The predicted molar refractivity (Wildman–Crippen MR) is 144 cm³/mol. The number of carbonyl (C=O) groups is 2. The normalized spacial score (nSPS) is 12.5. The molecule has 8 nitrogen and oxygen atoms in total. The predicted octanol–water partition coefficient (Wildman–Crippen LogP) is 4.33. The molecule has 2 rings (SSSR count). The van der Waals surface area contributed by atoms with E-state index in [1.165, 1.54) is 12.1 Å². The monoisotopic (exact) mass is 532 g/mol. The van der Waals surface area contributed by atoms with Crippen LogP contribution < -0.4 is 10.1 Å². The lowest BCUT2D eigenvalue weighted by molar-refractivity contribution is -0.142. The van der Waals surface area contributed by atoms with E-state index in [2.05, 4.69) is 5.32 Å². The minimum atomic E-state index is -3.98. The molecule has 0 spiro atoms. The van der Waals surface area contributed by atoms with Crippen LogP contribution in [0.4, 0.5) is 0 Å². The number of ether oxygens (including phenoxy) is 1. The molecule has 0 radical (unpaired) electrons. The van der Waals surface area contributed by atoms with E-state index >= 15 is 0 Å². The molecular formula is C28H40N2O6S. The Labute approximate surface area is 221 Å². The summed E-state index contributed by atoms with van der Waals surface area (Å²) in [4.78, 5) is 24.5. The quantitative estimate of drug-likeness (QED) is 0.330. The van der Waals surface area contributed by atoms with Crippen LogP contribution in [0.5, 0.6) is 5.75 Å². The number of unbranched alkanes of at least 4 members (excludes halogenated alkanes) is 1. The highest BCUT2D eigenvalue weighted by Gasteiger charge is 2.35. The maximum absolute atomic E-state index is 13.4. The lowest BCUT2D eigenvalue weighted by Crippen LogP contribution is -2.46. The van der Waals surface area contributed by atoms with Gasteiger partial charge >= 0.3 is 5.97 Å². The van der Waals surface area contributed by atoms with Gasteiger partial charge in [0.2, 0.25) is 15.9 Å². The number of aliphatic carboxylic acids is 1. The van der Waals surface area contributed by atoms with Crippen molar-refractivity contribution < 1.29 is 27.9 Å². The van der Waals surface area contributed by atoms with E-state index in [1.54, 1.807) is 19.2 Å². The van der Waals surface area contributed by atoms with Crippen molar-refractivity contribution in [2.24, 2.45) is 5.92 Å². The Morgan fingerprint density at radius 2 is 1.73 bits per heavy atom. The fourth-order valence-electron chi connectivity index (χ4n) is 4.22. The van der Waals surface area contributed by atoms with Gasteiger partial charge in [-0.15, -0.1) is 0 Å². The van der Waals surface area contributed by atoms with Gasteiger partial charge in [-0.3, -0.25) is 9.59 Å². The Bertz CT molecular complexity index is 1150. The zero-order valence-electron chi connectivity index (χ0n) is 22.5. The van der Waals surface area contributed by atoms with Gasteiger partial charge in [0.05, 0.1) is 12.0 Å². The third-order valence-electron chi connectivity index (χ3n) is 6.15. The molecule has 0 bridgehead atoms. The first-order valence-electron chi connectivity index (χ1n) is 12.7. The summed E-state index contributed by atoms with van der Waals surface area (Å²) in [6.45, 7) is 8.04. The molecule has 0 saturated heterocycles. The highest BCUT2D eigenvalue weighted by molar-refractivity contribution is 7.89. The smallest absolute Gasteiger partial charge is 0.322 e. The summed E-state index contributed by atoms with van der Waals surface area (Å²) in [6.07, 6.45) is 2.03. The molecule has 0 saturated carbocycles. The molecule has 1 atom stereocenters. The number of amides is 1. The first-order valence-corrected chi connectivity index (χ1v) is 14.1. The van der Waals surface area contributed by atoms with Crippen molar-refractivity contribution in [2.45, 2.75) is 70.7 Å². The van der Waals surface area contributed by atoms with Gasteiger partial charge in [0.15, 0.2) is 0 Å². The number of hydrogen-bond donors (Lipinski definition) is 2. The topological polar surface area (TPSA) is 113 Å². The van der Waals surface area contributed by atoms with Gasteiger partial charge in [0.1, 0.15) is 11.8 Å². The fraction of sp³-hybridized carbons (Fsp3) is 0.500. The summed E-state index contributed by atoms with van der Waals surface area (Å²) in [5, 5.41) is 12.8. The van der Waals surface area contributed by atoms with Crippen LogP contribution in [0.2, 0.25) is 0 Å². The summed E-state index contributed by atoms with van der Waals surface area (Å²) >= 11 is 0. The fourth-order valence-corrected chi connectivity index (χ4v) is 5.99. The highest BCUT2D eigenvalue weighted by Crippen LogP contribution is 2.25. The van der Waals surface area contributed by atoms with Crippen molar-refractivity contribution in [3.05, 3.63) is 59.2 Å². The molecule has 9 heteroatoms. The van der Waals surface area contributed by atoms with Crippen LogP contribution in [-0.4, -0.2) is 55.9 Å². The molecule has 204 valence electrons. The largest absolute Gasteiger partial charge is 0.496 e. The Kier molecular flexibility index (Phi) is 11.6. The molecule has 2 aromatic carbocycles. The zero-order chi connectivity index (χ0) is 27.6. The van der Waals surface area contributed by atoms with Crippen molar-refractivity contribution in [1.82, 2.24) is 9.62 Å². The lowest BCUT2D eigenvalue weighted by atomic mass is 10.0. The summed E-state index contributed by atoms with van der Waals surface area (Å²) in [7, 11) is -2.37. The van der Waals surface area contributed by atoms with Crippen molar-refractivity contribution in [1.29, 1.82) is 0 Å². The Balaban J connectivity index is 1.94. The maximum atomic E-state index is 13.4. The van der Waals surface area contributed by atoms with Crippen LogP contribution in [0.15, 0.2) is 47.4 Å². The summed E-state index contributed by atoms with van der Waals surface area (Å²) < 4.78 is 33.3. The molecule has 0 unspecified atom stereocenters. The van der Waals surface area contributed by atoms with Gasteiger partial charge < -0.3 is 15.2 Å². The Morgan fingerprint density at radius 3 is 2.32 bits per heavy atom. The molecule has 2 N–H and O–H groups in total. The third kappa shape index (κ3) is 8.86. The van der Waals surface area contributed by atoms with Gasteiger partial charge in [0.25, 0.3) is 0 Å². The summed E-state index contributed by atoms with van der Waals surface area (Å²) in [5.74, 6) is -0.524. The molecule has 0 aliphatic rings. The molecular weight excluding hydrogens is 492 g/mol. The standard InChI is InChI=1S/C28H40N2O6S/c1-20(2)19-30(37(34,35)24-15-12-21(3)13-16-24)25(28(32)33)11-6-7-18-29-26(31)17-14-23-10-8-9-22(4)27(23)36-5/h8-10,12-13,15-16,20,25H,6-7,11,14,17-19H2,1-5H3,(H,29,31)(H,32,33)/t25-/m0/s1. The van der Waals surface area contributed by atoms with Crippen molar-refractivity contribution in [3.63, 3.8) is 0 Å². The number of carbonyl (C=O) groups excluding carboxylic acids is 1. The molecule has 37 heavy (non-hydrogen) atoms. The molecule has 0 fully saturated rings. The van der Waals surface area contributed by atoms with E-state index in [9.17, 15) is 23.1 Å². The lowest BCUT2D eigenvalue weighted by Gasteiger charge is -2.29. The highest BCUT2D eigenvalue weighted by atomic mass is 32.2. The molecule has 0 heterocycles. The van der Waals surface area contributed by atoms with Crippen LogP contribution in [0.25, 0.3) is 0 Å². The first-order chi connectivity index (χ1) is 17.5. The van der Waals surface area contributed by atoms with E-state index in [4.69, 9.17) is 4.74 Å². The molecule has 2 aromatic rings. The Morgan fingerprint density at radius 1 is 1.05 bits per heavy atom. The van der Waals surface area contributed by atoms with E-state index in [0.29, 0.717) is 32.2 Å². The molecule has 0 aliphatic carbocycles. The summed E-state index contributed by atoms with van der Waals surface area (Å²) in [5.41, 5.74) is 2.91. The third-order valence-corrected chi connectivity index (χ3v) is 8.04. The van der Waals surface area contributed by atoms with Gasteiger partial charge in [0, 0.05) is 19.5 Å². The van der Waals surface area contributed by atoms with Gasteiger partial charge in [-0.2, -0.15) is 4.31 Å². The van der Waals surface area contributed by atoms with Gasteiger partial charge in [-0.25, -0.2) is 8.42 Å². The molecule has 0 aromatic heterocycles. The van der Waals surface area contributed by atoms with Gasteiger partial charge in [-0.1, -0.05) is 49.7 Å². The summed E-state index contributed by atoms with van der Waals surface area (Å²) in [6, 6.07) is 11.1. The number of para-hydroxylation sites is 1. The van der Waals surface area contributed by atoms with Crippen LogP contribution in [0.1, 0.15) is 56.2 Å². The average molecular weight is 533 g/mol. The number of aryl methyl sites for hydroxylation is 3. The van der Waals surface area contributed by atoms with E-state index in [1.807, 2.05) is 45.9 Å². The Hall–Kier alpha value is -2.91.